The van der Waals surface area contributed by atoms with Crippen LogP contribution in [-0.4, -0.2) is 36.4 Å². The van der Waals surface area contributed by atoms with Crippen molar-refractivity contribution in [3.8, 4) is 11.5 Å². The van der Waals surface area contributed by atoms with E-state index in [4.69, 9.17) is 9.47 Å². The zero-order chi connectivity index (χ0) is 12.5. The van der Waals surface area contributed by atoms with Crippen molar-refractivity contribution in [2.24, 2.45) is 0 Å². The minimum Gasteiger partial charge on any atom is -0.489 e. The summed E-state index contributed by atoms with van der Waals surface area (Å²) in [5.74, 6) is 1.34. The lowest BCUT2D eigenvalue weighted by Gasteiger charge is -2.20. The number of hydrogen-bond donors (Lipinski definition) is 1. The summed E-state index contributed by atoms with van der Waals surface area (Å²) in [5, 5.41) is 2.78. The highest BCUT2D eigenvalue weighted by atomic mass is 31.0. The lowest BCUT2D eigenvalue weighted by Crippen LogP contribution is -2.25. The molecule has 18 heavy (non-hydrogen) atoms. The molecule has 1 saturated heterocycles. The molecule has 1 N–H and O–H groups in total. The molecule has 2 aliphatic rings. The highest BCUT2D eigenvalue weighted by Crippen LogP contribution is 2.32. The molecule has 6 heteroatoms. The Kier molecular flexibility index (Phi) is 3.10. The van der Waals surface area contributed by atoms with E-state index >= 15 is 0 Å². The number of carbonyl (C=O) groups excluding carboxylic acids is 1. The van der Waals surface area contributed by atoms with Gasteiger partial charge in [0.05, 0.1) is 5.69 Å². The molecule has 0 spiro atoms. The van der Waals surface area contributed by atoms with Crippen LogP contribution in [0.3, 0.4) is 0 Å². The van der Waals surface area contributed by atoms with Crippen LogP contribution in [0.25, 0.3) is 0 Å². The first-order chi connectivity index (χ1) is 8.70. The second kappa shape index (κ2) is 4.75. The molecule has 0 saturated carbocycles. The van der Waals surface area contributed by atoms with Crippen molar-refractivity contribution in [2.45, 2.75) is 12.5 Å². The normalized spacial score (nSPS) is 23.2. The summed E-state index contributed by atoms with van der Waals surface area (Å²) in [6.07, 6.45) is 1.23. The monoisotopic (exact) mass is 266 g/mol. The zero-order valence-electron chi connectivity index (χ0n) is 9.89. The highest BCUT2D eigenvalue weighted by Gasteiger charge is 2.22. The third kappa shape index (κ3) is 2.42. The van der Waals surface area contributed by atoms with Crippen molar-refractivity contribution in [2.75, 3.05) is 25.0 Å². The first kappa shape index (κ1) is 11.8. The van der Waals surface area contributed by atoms with Gasteiger partial charge >= 0.3 is 0 Å². The van der Waals surface area contributed by atoms with Gasteiger partial charge in [0.15, 0.2) is 6.61 Å². The highest BCUT2D eigenvalue weighted by molar-refractivity contribution is 7.13. The van der Waals surface area contributed by atoms with Gasteiger partial charge in [0, 0.05) is 19.2 Å². The molecule has 1 fully saturated rings. The van der Waals surface area contributed by atoms with Crippen molar-refractivity contribution < 1.29 is 14.3 Å². The Morgan fingerprint density at radius 3 is 3.17 bits per heavy atom. The van der Waals surface area contributed by atoms with Gasteiger partial charge in [-0.15, -0.1) is 0 Å². The molecular weight excluding hydrogens is 251 g/mol. The summed E-state index contributed by atoms with van der Waals surface area (Å²) >= 11 is 0. The van der Waals surface area contributed by atoms with E-state index in [2.05, 4.69) is 19.4 Å². The van der Waals surface area contributed by atoms with Crippen LogP contribution in [0.4, 0.5) is 5.69 Å². The van der Waals surface area contributed by atoms with Crippen LogP contribution >= 0.6 is 9.39 Å². The quantitative estimate of drug-likeness (QED) is 0.819. The average molecular weight is 266 g/mol. The Balaban J connectivity index is 1.73. The number of benzene rings is 1. The number of amides is 1. The minimum absolute atomic E-state index is 0.0812. The van der Waals surface area contributed by atoms with E-state index in [9.17, 15) is 4.79 Å². The zero-order valence-corrected chi connectivity index (χ0v) is 11.0. The van der Waals surface area contributed by atoms with E-state index in [0.29, 0.717) is 11.4 Å². The van der Waals surface area contributed by atoms with E-state index in [-0.39, 0.29) is 18.6 Å². The lowest BCUT2D eigenvalue weighted by molar-refractivity contribution is -0.118. The number of carbonyl (C=O) groups is 1. The summed E-state index contributed by atoms with van der Waals surface area (Å²) in [6, 6.07) is 5.52. The third-order valence-electron chi connectivity index (χ3n) is 3.06. The summed E-state index contributed by atoms with van der Waals surface area (Å²) in [6.45, 7) is 2.02. The average Bonchev–Trinajstić information content (AvgIpc) is 2.74. The first-order valence-corrected chi connectivity index (χ1v) is 6.45. The molecule has 1 aromatic rings. The summed E-state index contributed by atoms with van der Waals surface area (Å²) in [5.41, 5.74) is 0.685. The number of hydrogen-bond acceptors (Lipinski definition) is 4. The number of nitrogens with one attached hydrogen (secondary N) is 1. The molecule has 1 aromatic carbocycles. The number of anilines is 1. The van der Waals surface area contributed by atoms with E-state index in [1.807, 2.05) is 18.2 Å². The smallest absolute Gasteiger partial charge is 0.262 e. The predicted octanol–water partition coefficient (Wildman–Crippen LogP) is 1.26. The maximum absolute atomic E-state index is 11.2. The van der Waals surface area contributed by atoms with Gasteiger partial charge in [0.25, 0.3) is 5.91 Å². The Morgan fingerprint density at radius 2 is 2.39 bits per heavy atom. The fourth-order valence-electron chi connectivity index (χ4n) is 2.18. The second-order valence-electron chi connectivity index (χ2n) is 4.52. The van der Waals surface area contributed by atoms with Crippen molar-refractivity contribution in [1.82, 2.24) is 4.67 Å². The van der Waals surface area contributed by atoms with Crippen LogP contribution in [0.2, 0.25) is 0 Å². The standard InChI is InChI=1S/C12H15N2O3P/c15-12-7-16-11-2-1-8(5-10(11)13-12)17-9-3-4-14(18)6-9/h1-2,5,9H,3-4,6-7,18H2,(H,13,15)/t9-/m0/s1. The van der Waals surface area contributed by atoms with Gasteiger partial charge in [-0.05, 0) is 18.6 Å². The Hall–Kier alpha value is -1.32. The number of nitrogens with zero attached hydrogens (tertiary/aromatic N) is 1. The summed E-state index contributed by atoms with van der Waals surface area (Å²) < 4.78 is 13.3. The van der Waals surface area contributed by atoms with E-state index < -0.39 is 0 Å². The van der Waals surface area contributed by atoms with Gasteiger partial charge in [-0.25, -0.2) is 0 Å². The molecule has 2 aliphatic heterocycles. The molecule has 2 atom stereocenters. The van der Waals surface area contributed by atoms with E-state index in [0.717, 1.165) is 25.3 Å². The molecule has 3 rings (SSSR count). The SMILES string of the molecule is O=C1COc2ccc(O[C@H]3CCN(P)C3)cc2N1. The maximum Gasteiger partial charge on any atom is 0.262 e. The third-order valence-corrected chi connectivity index (χ3v) is 3.53. The van der Waals surface area contributed by atoms with Crippen LogP contribution in [0, 0.1) is 0 Å². The topological polar surface area (TPSA) is 50.8 Å². The Morgan fingerprint density at radius 1 is 1.50 bits per heavy atom. The van der Waals surface area contributed by atoms with Crippen LogP contribution in [0.15, 0.2) is 18.2 Å². The van der Waals surface area contributed by atoms with Crippen LogP contribution < -0.4 is 14.8 Å². The van der Waals surface area contributed by atoms with Gasteiger partial charge in [-0.1, -0.05) is 9.39 Å². The van der Waals surface area contributed by atoms with Crippen molar-refractivity contribution >= 4 is 21.0 Å². The molecular formula is C12H15N2O3P. The van der Waals surface area contributed by atoms with Gasteiger partial charge < -0.3 is 14.8 Å². The number of fused-ring (bicyclic) bond motifs is 1. The Bertz CT molecular complexity index is 480. The van der Waals surface area contributed by atoms with E-state index in [1.165, 1.54) is 0 Å². The lowest BCUT2D eigenvalue weighted by atomic mass is 10.2. The van der Waals surface area contributed by atoms with Gasteiger partial charge in [-0.3, -0.25) is 9.46 Å². The van der Waals surface area contributed by atoms with Gasteiger partial charge in [-0.2, -0.15) is 0 Å². The fraction of sp³-hybridized carbons (Fsp3) is 0.417. The summed E-state index contributed by atoms with van der Waals surface area (Å²) in [7, 11) is 2.69. The summed E-state index contributed by atoms with van der Waals surface area (Å²) in [4.78, 5) is 11.2. The van der Waals surface area contributed by atoms with Crippen molar-refractivity contribution in [3.05, 3.63) is 18.2 Å². The maximum atomic E-state index is 11.2. The first-order valence-electron chi connectivity index (χ1n) is 5.94. The molecule has 0 bridgehead atoms. The molecule has 5 nitrogen and oxygen atoms in total. The minimum atomic E-state index is -0.128. The molecule has 0 aromatic heterocycles. The molecule has 96 valence electrons. The van der Waals surface area contributed by atoms with E-state index in [1.54, 1.807) is 0 Å². The Labute approximate surface area is 108 Å². The molecule has 2 heterocycles. The molecule has 0 aliphatic carbocycles. The predicted molar refractivity (Wildman–Crippen MR) is 70.9 cm³/mol. The largest absolute Gasteiger partial charge is 0.489 e. The number of ether oxygens (including phenoxy) is 2. The number of rotatable bonds is 2. The van der Waals surface area contributed by atoms with Crippen molar-refractivity contribution in [1.29, 1.82) is 0 Å². The van der Waals surface area contributed by atoms with Crippen molar-refractivity contribution in [3.63, 3.8) is 0 Å². The van der Waals surface area contributed by atoms with Gasteiger partial charge in [0.1, 0.15) is 17.6 Å². The van der Waals surface area contributed by atoms with Gasteiger partial charge in [0.2, 0.25) is 0 Å². The van der Waals surface area contributed by atoms with Crippen LogP contribution in [0.1, 0.15) is 6.42 Å². The second-order valence-corrected chi connectivity index (χ2v) is 5.25. The molecule has 0 radical (unpaired) electrons. The molecule has 1 amide bonds. The van der Waals surface area contributed by atoms with Crippen LogP contribution in [-0.2, 0) is 4.79 Å². The molecule has 1 unspecified atom stereocenters. The fourth-order valence-corrected chi connectivity index (χ4v) is 2.56. The van der Waals surface area contributed by atoms with Crippen LogP contribution in [0.5, 0.6) is 11.5 Å².